The molecular formula is C17H30N2O2. The van der Waals surface area contributed by atoms with E-state index in [2.05, 4.69) is 30.0 Å². The summed E-state index contributed by atoms with van der Waals surface area (Å²) in [5.74, 6) is 3.91. The zero-order valence-corrected chi connectivity index (χ0v) is 13.5. The van der Waals surface area contributed by atoms with Crippen molar-refractivity contribution in [2.45, 2.75) is 39.5 Å². The lowest BCUT2D eigenvalue weighted by molar-refractivity contribution is -0.126. The van der Waals surface area contributed by atoms with E-state index in [1.165, 1.54) is 0 Å². The summed E-state index contributed by atoms with van der Waals surface area (Å²) in [6, 6.07) is 0. The van der Waals surface area contributed by atoms with Gasteiger partial charge in [-0.15, -0.1) is 6.42 Å². The first-order valence-electron chi connectivity index (χ1n) is 8.11. The van der Waals surface area contributed by atoms with Crippen LogP contribution >= 0.6 is 0 Å². The summed E-state index contributed by atoms with van der Waals surface area (Å²) in [5, 5.41) is 12.2. The highest BCUT2D eigenvalue weighted by Crippen LogP contribution is 2.18. The van der Waals surface area contributed by atoms with Crippen LogP contribution in [0.25, 0.3) is 0 Å². The van der Waals surface area contributed by atoms with Crippen molar-refractivity contribution in [2.24, 2.45) is 17.8 Å². The number of carbonyl (C=O) groups excluding carboxylic acids is 1. The van der Waals surface area contributed by atoms with Crippen molar-refractivity contribution >= 4 is 5.91 Å². The SMILES string of the molecule is C#CCN1CCC(C(=O)NCC(CCO)CC(C)C)CC1. The van der Waals surface area contributed by atoms with E-state index in [4.69, 9.17) is 11.5 Å². The van der Waals surface area contributed by atoms with Gasteiger partial charge in [-0.05, 0) is 50.6 Å². The highest BCUT2D eigenvalue weighted by atomic mass is 16.3. The number of hydrogen-bond acceptors (Lipinski definition) is 3. The first kappa shape index (κ1) is 18.0. The Labute approximate surface area is 129 Å². The molecule has 0 radical (unpaired) electrons. The summed E-state index contributed by atoms with van der Waals surface area (Å²) in [5.41, 5.74) is 0. The number of likely N-dealkylation sites (tertiary alicyclic amines) is 1. The molecule has 1 rings (SSSR count). The normalized spacial score (nSPS) is 18.4. The third-order valence-corrected chi connectivity index (χ3v) is 4.18. The van der Waals surface area contributed by atoms with Crippen LogP contribution in [0.3, 0.4) is 0 Å². The van der Waals surface area contributed by atoms with Gasteiger partial charge in [0.05, 0.1) is 6.54 Å². The number of nitrogens with one attached hydrogen (secondary N) is 1. The van der Waals surface area contributed by atoms with Gasteiger partial charge in [0.15, 0.2) is 0 Å². The average molecular weight is 294 g/mol. The molecule has 1 amide bonds. The number of rotatable bonds is 8. The van der Waals surface area contributed by atoms with Gasteiger partial charge in [0.2, 0.25) is 5.91 Å². The smallest absolute Gasteiger partial charge is 0.223 e. The first-order chi connectivity index (χ1) is 10.1. The highest BCUT2D eigenvalue weighted by molar-refractivity contribution is 5.78. The Balaban J connectivity index is 2.31. The lowest BCUT2D eigenvalue weighted by atomic mass is 9.93. The molecule has 0 saturated carbocycles. The minimum absolute atomic E-state index is 0.118. The fraction of sp³-hybridized carbons (Fsp3) is 0.824. The molecule has 0 aromatic heterocycles. The van der Waals surface area contributed by atoms with E-state index in [9.17, 15) is 4.79 Å². The third kappa shape index (κ3) is 6.97. The van der Waals surface area contributed by atoms with Gasteiger partial charge in [-0.3, -0.25) is 9.69 Å². The van der Waals surface area contributed by atoms with E-state index in [-0.39, 0.29) is 18.4 Å². The van der Waals surface area contributed by atoms with E-state index in [0.29, 0.717) is 24.9 Å². The number of hydrogen-bond donors (Lipinski definition) is 2. The Morgan fingerprint density at radius 2 is 2.10 bits per heavy atom. The lowest BCUT2D eigenvalue weighted by Crippen LogP contribution is -2.42. The summed E-state index contributed by atoms with van der Waals surface area (Å²) in [7, 11) is 0. The summed E-state index contributed by atoms with van der Waals surface area (Å²) < 4.78 is 0. The number of aliphatic hydroxyl groups is 1. The van der Waals surface area contributed by atoms with Crippen molar-refractivity contribution in [3.8, 4) is 12.3 Å². The fourth-order valence-electron chi connectivity index (χ4n) is 3.02. The van der Waals surface area contributed by atoms with Crippen LogP contribution in [0, 0.1) is 30.1 Å². The van der Waals surface area contributed by atoms with Crippen molar-refractivity contribution in [1.82, 2.24) is 10.2 Å². The molecule has 2 N–H and O–H groups in total. The van der Waals surface area contributed by atoms with Crippen molar-refractivity contribution in [3.63, 3.8) is 0 Å². The Bertz CT molecular complexity index is 341. The molecule has 4 nitrogen and oxygen atoms in total. The Morgan fingerprint density at radius 1 is 1.43 bits per heavy atom. The maximum atomic E-state index is 12.2. The minimum Gasteiger partial charge on any atom is -0.396 e. The molecule has 21 heavy (non-hydrogen) atoms. The monoisotopic (exact) mass is 294 g/mol. The van der Waals surface area contributed by atoms with Crippen molar-refractivity contribution in [3.05, 3.63) is 0 Å². The molecule has 1 fully saturated rings. The molecular weight excluding hydrogens is 264 g/mol. The molecule has 120 valence electrons. The first-order valence-corrected chi connectivity index (χ1v) is 8.11. The van der Waals surface area contributed by atoms with Gasteiger partial charge >= 0.3 is 0 Å². The molecule has 0 aromatic carbocycles. The second kappa shape index (κ2) is 9.81. The van der Waals surface area contributed by atoms with Gasteiger partial charge in [0.25, 0.3) is 0 Å². The molecule has 1 aliphatic rings. The van der Waals surface area contributed by atoms with Crippen molar-refractivity contribution in [2.75, 3.05) is 32.8 Å². The van der Waals surface area contributed by atoms with Crippen LogP contribution in [0.1, 0.15) is 39.5 Å². The fourth-order valence-corrected chi connectivity index (χ4v) is 3.02. The van der Waals surface area contributed by atoms with Gasteiger partial charge < -0.3 is 10.4 Å². The van der Waals surface area contributed by atoms with Crippen LogP contribution in [0.2, 0.25) is 0 Å². The molecule has 1 saturated heterocycles. The van der Waals surface area contributed by atoms with E-state index >= 15 is 0 Å². The topological polar surface area (TPSA) is 52.6 Å². The summed E-state index contributed by atoms with van der Waals surface area (Å²) in [6.07, 6.45) is 8.90. The summed E-state index contributed by atoms with van der Waals surface area (Å²) in [6.45, 7) is 7.73. The van der Waals surface area contributed by atoms with Crippen molar-refractivity contribution in [1.29, 1.82) is 0 Å². The predicted octanol–water partition coefficient (Wildman–Crippen LogP) is 1.49. The molecule has 0 spiro atoms. The van der Waals surface area contributed by atoms with Crippen molar-refractivity contribution < 1.29 is 9.90 Å². The molecule has 1 aliphatic heterocycles. The highest BCUT2D eigenvalue weighted by Gasteiger charge is 2.24. The Morgan fingerprint density at radius 3 is 2.62 bits per heavy atom. The van der Waals surface area contributed by atoms with Gasteiger partial charge in [0.1, 0.15) is 0 Å². The minimum atomic E-state index is 0.118. The van der Waals surface area contributed by atoms with Gasteiger partial charge in [0, 0.05) is 19.1 Å². The molecule has 4 heteroatoms. The lowest BCUT2D eigenvalue weighted by Gasteiger charge is -2.30. The number of aliphatic hydroxyl groups excluding tert-OH is 1. The van der Waals surface area contributed by atoms with Crippen LogP contribution in [0.5, 0.6) is 0 Å². The quantitative estimate of drug-likeness (QED) is 0.667. The predicted molar refractivity (Wildman–Crippen MR) is 85.7 cm³/mol. The van der Waals surface area contributed by atoms with Gasteiger partial charge in [-0.1, -0.05) is 19.8 Å². The summed E-state index contributed by atoms with van der Waals surface area (Å²) >= 11 is 0. The van der Waals surface area contributed by atoms with Gasteiger partial charge in [-0.2, -0.15) is 0 Å². The van der Waals surface area contributed by atoms with E-state index in [1.54, 1.807) is 0 Å². The zero-order chi connectivity index (χ0) is 15.7. The van der Waals surface area contributed by atoms with Crippen LogP contribution in [-0.4, -0.2) is 48.7 Å². The average Bonchev–Trinajstić information content (AvgIpc) is 2.45. The zero-order valence-electron chi connectivity index (χ0n) is 13.5. The second-order valence-corrected chi connectivity index (χ2v) is 6.51. The molecule has 0 bridgehead atoms. The maximum absolute atomic E-state index is 12.2. The number of nitrogens with zero attached hydrogens (tertiary/aromatic N) is 1. The van der Waals surface area contributed by atoms with E-state index < -0.39 is 0 Å². The molecule has 0 aliphatic carbocycles. The standard InChI is InChI=1S/C17H30N2O2/c1-4-8-19-9-5-16(6-10-19)17(21)18-13-15(7-11-20)12-14(2)3/h1,14-16,20H,5-13H2,2-3H3,(H,18,21). The van der Waals surface area contributed by atoms with E-state index in [1.807, 2.05) is 0 Å². The van der Waals surface area contributed by atoms with E-state index in [0.717, 1.165) is 38.8 Å². The van der Waals surface area contributed by atoms with Gasteiger partial charge in [-0.25, -0.2) is 0 Å². The molecule has 1 atom stereocenters. The van der Waals surface area contributed by atoms with Crippen LogP contribution in [0.15, 0.2) is 0 Å². The van der Waals surface area contributed by atoms with Crippen LogP contribution in [0.4, 0.5) is 0 Å². The Hall–Kier alpha value is -1.05. The largest absolute Gasteiger partial charge is 0.396 e. The van der Waals surface area contributed by atoms with Crippen LogP contribution in [-0.2, 0) is 4.79 Å². The number of piperidine rings is 1. The summed E-state index contributed by atoms with van der Waals surface area (Å²) in [4.78, 5) is 14.4. The molecule has 0 aromatic rings. The maximum Gasteiger partial charge on any atom is 0.223 e. The Kier molecular flexibility index (Phi) is 8.41. The number of carbonyl (C=O) groups is 1. The molecule has 1 heterocycles. The number of terminal acetylenes is 1. The third-order valence-electron chi connectivity index (χ3n) is 4.18. The second-order valence-electron chi connectivity index (χ2n) is 6.51. The molecule has 1 unspecified atom stereocenters. The number of amides is 1. The van der Waals surface area contributed by atoms with Crippen LogP contribution < -0.4 is 5.32 Å².